The van der Waals surface area contributed by atoms with Gasteiger partial charge in [0.25, 0.3) is 10.0 Å². The fraction of sp³-hybridized carbons (Fsp3) is 0.158. The third-order valence-electron chi connectivity index (χ3n) is 3.95. The summed E-state index contributed by atoms with van der Waals surface area (Å²) in [5, 5.41) is 0.757. The normalized spacial score (nSPS) is 11.3. The van der Waals surface area contributed by atoms with Gasteiger partial charge in [-0.2, -0.15) is 0 Å². The van der Waals surface area contributed by atoms with Gasteiger partial charge >= 0.3 is 0 Å². The van der Waals surface area contributed by atoms with Crippen molar-refractivity contribution in [3.05, 3.63) is 66.4 Å². The topological polar surface area (TPSA) is 79.4 Å². The Balaban J connectivity index is 1.84. The second-order valence-electron chi connectivity index (χ2n) is 6.10. The van der Waals surface area contributed by atoms with Gasteiger partial charge in [0.1, 0.15) is 4.90 Å². The number of carbonyl (C=O) groups excluding carboxylic acids is 1. The minimum absolute atomic E-state index is 0.0137. The largest absolute Gasteiger partial charge is 0.349 e. The number of sulfonamides is 1. The average Bonchev–Trinajstić information content (AvgIpc) is 2.62. The first-order valence-corrected chi connectivity index (χ1v) is 9.51. The number of carbonyl (C=O) groups is 1. The molecule has 2 aromatic carbocycles. The van der Waals surface area contributed by atoms with Crippen LogP contribution in [0.3, 0.4) is 0 Å². The molecular formula is C19H19N3O3S. The van der Waals surface area contributed by atoms with E-state index in [0.29, 0.717) is 11.2 Å². The predicted octanol–water partition coefficient (Wildman–Crippen LogP) is 2.67. The lowest BCUT2D eigenvalue weighted by molar-refractivity contribution is -0.127. The van der Waals surface area contributed by atoms with Crippen molar-refractivity contribution in [3.8, 4) is 0 Å². The maximum absolute atomic E-state index is 12.8. The van der Waals surface area contributed by atoms with Gasteiger partial charge in [-0.15, -0.1) is 0 Å². The quantitative estimate of drug-likeness (QED) is 0.750. The second-order valence-corrected chi connectivity index (χ2v) is 7.75. The summed E-state index contributed by atoms with van der Waals surface area (Å²) in [6.07, 6.45) is 1.84. The molecule has 0 saturated heterocycles. The zero-order valence-electron chi connectivity index (χ0n) is 14.5. The maximum atomic E-state index is 12.8. The van der Waals surface area contributed by atoms with Crippen LogP contribution in [0.2, 0.25) is 0 Å². The van der Waals surface area contributed by atoms with E-state index in [0.717, 1.165) is 10.9 Å². The lowest BCUT2D eigenvalue weighted by Crippen LogP contribution is -2.23. The molecule has 0 unspecified atom stereocenters. The number of aromatic nitrogens is 1. The van der Waals surface area contributed by atoms with E-state index in [1.807, 2.05) is 12.1 Å². The zero-order valence-corrected chi connectivity index (χ0v) is 15.3. The van der Waals surface area contributed by atoms with Gasteiger partial charge in [0, 0.05) is 31.4 Å². The highest BCUT2D eigenvalue weighted by atomic mass is 32.2. The number of hydrogen-bond donors (Lipinski definition) is 1. The number of pyridine rings is 1. The van der Waals surface area contributed by atoms with Crippen molar-refractivity contribution in [2.45, 2.75) is 11.3 Å². The Bertz CT molecular complexity index is 1040. The van der Waals surface area contributed by atoms with Crippen LogP contribution in [-0.4, -0.2) is 38.3 Å². The minimum Gasteiger partial charge on any atom is -0.349 e. The van der Waals surface area contributed by atoms with Crippen LogP contribution >= 0.6 is 0 Å². The highest BCUT2D eigenvalue weighted by molar-refractivity contribution is 7.93. The summed E-state index contributed by atoms with van der Waals surface area (Å²) < 4.78 is 28.1. The SMILES string of the molecule is CN(C)C(=O)Cc1ccc(NS(=O)(=O)c2cccc3cccnc23)cc1. The monoisotopic (exact) mass is 369 g/mol. The van der Waals surface area contributed by atoms with E-state index in [-0.39, 0.29) is 17.2 Å². The van der Waals surface area contributed by atoms with Gasteiger partial charge in [0.15, 0.2) is 0 Å². The standard InChI is InChI=1S/C19H19N3O3S/c1-22(2)18(23)13-14-8-10-16(11-9-14)21-26(24,25)17-7-3-5-15-6-4-12-20-19(15)17/h3-12,21H,13H2,1-2H3. The summed E-state index contributed by atoms with van der Waals surface area (Å²) >= 11 is 0. The molecule has 3 aromatic rings. The predicted molar refractivity (Wildman–Crippen MR) is 101 cm³/mol. The number of amides is 1. The van der Waals surface area contributed by atoms with Gasteiger partial charge in [-0.1, -0.05) is 30.3 Å². The van der Waals surface area contributed by atoms with Gasteiger partial charge in [-0.3, -0.25) is 14.5 Å². The van der Waals surface area contributed by atoms with E-state index < -0.39 is 10.0 Å². The molecule has 26 heavy (non-hydrogen) atoms. The van der Waals surface area contributed by atoms with E-state index in [2.05, 4.69) is 9.71 Å². The van der Waals surface area contributed by atoms with Gasteiger partial charge in [0.2, 0.25) is 5.91 Å². The molecule has 1 amide bonds. The van der Waals surface area contributed by atoms with Crippen LogP contribution in [0.25, 0.3) is 10.9 Å². The molecular weight excluding hydrogens is 350 g/mol. The lowest BCUT2D eigenvalue weighted by atomic mass is 10.1. The highest BCUT2D eigenvalue weighted by Gasteiger charge is 2.18. The zero-order chi connectivity index (χ0) is 18.7. The van der Waals surface area contributed by atoms with Crippen LogP contribution in [-0.2, 0) is 21.2 Å². The molecule has 3 rings (SSSR count). The van der Waals surface area contributed by atoms with Gasteiger partial charge < -0.3 is 4.90 Å². The summed E-state index contributed by atoms with van der Waals surface area (Å²) in [5.74, 6) is -0.0137. The molecule has 0 bridgehead atoms. The number of hydrogen-bond acceptors (Lipinski definition) is 4. The first kappa shape index (κ1) is 17.9. The van der Waals surface area contributed by atoms with Gasteiger partial charge in [0.05, 0.1) is 11.9 Å². The van der Waals surface area contributed by atoms with Crippen LogP contribution in [0.1, 0.15) is 5.56 Å². The third kappa shape index (κ3) is 3.83. The minimum atomic E-state index is -3.78. The molecule has 7 heteroatoms. The summed E-state index contributed by atoms with van der Waals surface area (Å²) in [7, 11) is -0.382. The van der Waals surface area contributed by atoms with Crippen LogP contribution in [0.4, 0.5) is 5.69 Å². The van der Waals surface area contributed by atoms with Crippen molar-refractivity contribution >= 4 is 32.5 Å². The Morgan fingerprint density at radius 1 is 1.04 bits per heavy atom. The van der Waals surface area contributed by atoms with E-state index in [1.54, 1.807) is 56.7 Å². The number of likely N-dealkylation sites (N-methyl/N-ethyl adjacent to an activating group) is 1. The molecule has 0 aliphatic heterocycles. The molecule has 0 atom stereocenters. The maximum Gasteiger partial charge on any atom is 0.264 e. The van der Waals surface area contributed by atoms with E-state index in [9.17, 15) is 13.2 Å². The molecule has 1 aromatic heterocycles. The molecule has 0 fully saturated rings. The molecule has 1 N–H and O–H groups in total. The first-order valence-electron chi connectivity index (χ1n) is 8.02. The van der Waals surface area contributed by atoms with Crippen molar-refractivity contribution in [2.75, 3.05) is 18.8 Å². The Labute approximate surface area is 152 Å². The molecule has 6 nitrogen and oxygen atoms in total. The molecule has 1 heterocycles. The smallest absolute Gasteiger partial charge is 0.264 e. The summed E-state index contributed by atoms with van der Waals surface area (Å²) in [6.45, 7) is 0. The van der Waals surface area contributed by atoms with Gasteiger partial charge in [-0.25, -0.2) is 8.42 Å². The number of rotatable bonds is 5. The fourth-order valence-corrected chi connectivity index (χ4v) is 3.77. The Kier molecular flexibility index (Phi) is 4.90. The average molecular weight is 369 g/mol. The Morgan fingerprint density at radius 2 is 1.73 bits per heavy atom. The second kappa shape index (κ2) is 7.13. The van der Waals surface area contributed by atoms with Crippen molar-refractivity contribution < 1.29 is 13.2 Å². The number of fused-ring (bicyclic) bond motifs is 1. The van der Waals surface area contributed by atoms with Crippen LogP contribution < -0.4 is 4.72 Å². The van der Waals surface area contributed by atoms with Crippen molar-refractivity contribution in [3.63, 3.8) is 0 Å². The molecule has 0 spiro atoms. The van der Waals surface area contributed by atoms with Crippen LogP contribution in [0, 0.1) is 0 Å². The number of nitrogens with zero attached hydrogens (tertiary/aromatic N) is 2. The molecule has 0 aliphatic carbocycles. The third-order valence-corrected chi connectivity index (χ3v) is 5.36. The molecule has 0 saturated carbocycles. The summed E-state index contributed by atoms with van der Waals surface area (Å²) in [6, 6.07) is 15.4. The fourth-order valence-electron chi connectivity index (χ4n) is 2.53. The van der Waals surface area contributed by atoms with E-state index >= 15 is 0 Å². The van der Waals surface area contributed by atoms with E-state index in [1.165, 1.54) is 11.0 Å². The number of benzene rings is 2. The highest BCUT2D eigenvalue weighted by Crippen LogP contribution is 2.23. The Hall–Kier alpha value is -2.93. The summed E-state index contributed by atoms with van der Waals surface area (Å²) in [4.78, 5) is 17.6. The van der Waals surface area contributed by atoms with E-state index in [4.69, 9.17) is 0 Å². The first-order chi connectivity index (χ1) is 12.4. The van der Waals surface area contributed by atoms with Crippen LogP contribution in [0.5, 0.6) is 0 Å². The summed E-state index contributed by atoms with van der Waals surface area (Å²) in [5.41, 5.74) is 1.67. The number of para-hydroxylation sites is 1. The number of nitrogens with one attached hydrogen (secondary N) is 1. The van der Waals surface area contributed by atoms with Crippen molar-refractivity contribution in [2.24, 2.45) is 0 Å². The molecule has 0 aliphatic rings. The van der Waals surface area contributed by atoms with Crippen molar-refractivity contribution in [1.29, 1.82) is 0 Å². The van der Waals surface area contributed by atoms with Crippen LogP contribution in [0.15, 0.2) is 65.7 Å². The molecule has 0 radical (unpaired) electrons. The van der Waals surface area contributed by atoms with Crippen molar-refractivity contribution in [1.82, 2.24) is 9.88 Å². The Morgan fingerprint density at radius 3 is 2.42 bits per heavy atom. The van der Waals surface area contributed by atoms with Gasteiger partial charge in [-0.05, 0) is 29.8 Å². The number of anilines is 1. The molecule has 134 valence electrons. The lowest BCUT2D eigenvalue weighted by Gasteiger charge is -2.12.